The predicted octanol–water partition coefficient (Wildman–Crippen LogP) is 7.78. The highest BCUT2D eigenvalue weighted by molar-refractivity contribution is 6.29. The Labute approximate surface area is 494 Å². The number of anilines is 1. The van der Waals surface area contributed by atoms with Crippen LogP contribution in [-0.4, -0.2) is 141 Å². The molecule has 0 bridgehead atoms. The number of likely N-dealkylation sites (tertiary alicyclic amines) is 1. The molecule has 20 nitrogen and oxygen atoms in total. The molecule has 22 heteroatoms. The average Bonchev–Trinajstić information content (AvgIpc) is 1.93. The molecule has 5 atom stereocenters. The standard InChI is InChI=1S/C63H72BFN8O12/c1-35(2)44-27-56(75)71(60(44)78)20-11-9-10-13-55(74)70-57(36(3)4)59(77)68-37(5)58(76)69-42-17-14-38(15-18-42)41-30-63(64)34-67-49-29-54(52(83-8)26-46(49)62(80)73(63)33-41)85-22-12-21-84-53-28-48-45(25-51(53)82-7)61(79)72-32-40(23-43(72)31-66-48)39-16-19-50(81-6)47(65)24-39/h14-19,24-26,28-29,31-37,43-44,57H,9-13,20-23,27,30,64H2,1-8H3,(H,68,77)(H,69,76)(H,70,74)/t37?,43?,44?,57?,63-/m0/s1. The molecule has 1 fully saturated rings. The van der Waals surface area contributed by atoms with Crippen molar-refractivity contribution in [2.45, 2.75) is 110 Å². The lowest BCUT2D eigenvalue weighted by Crippen LogP contribution is -2.53. The van der Waals surface area contributed by atoms with Crippen LogP contribution in [0.4, 0.5) is 21.5 Å². The SMILES string of the molecule is B[C@]12C=Nc3cc(OCCCOc4cc5c(cc4OC)C(=O)N4C=C(c6ccc(OC)c(F)c6)CC4C=N5)c(OC)cc3C(=O)N1C=C(c1ccc(NC(=O)C(C)NC(=O)C(NC(=O)CCCCCN3C(=O)CC(C(C)C)C3=O)C(C)C)cc1)C2. The highest BCUT2D eigenvalue weighted by Crippen LogP contribution is 2.44. The van der Waals surface area contributed by atoms with Crippen LogP contribution in [0.2, 0.25) is 0 Å². The topological polar surface area (TPSA) is 236 Å². The minimum atomic E-state index is -0.936. The van der Waals surface area contributed by atoms with Gasteiger partial charge in [0, 0.05) is 80.8 Å². The Hall–Kier alpha value is -8.82. The zero-order valence-electron chi connectivity index (χ0n) is 49.4. The van der Waals surface area contributed by atoms with Crippen LogP contribution in [0.1, 0.15) is 118 Å². The molecule has 0 saturated carbocycles. The number of fused-ring (bicyclic) bond motifs is 4. The van der Waals surface area contributed by atoms with E-state index in [9.17, 15) is 38.0 Å². The Kier molecular flexibility index (Phi) is 18.6. The Morgan fingerprint density at radius 1 is 0.706 bits per heavy atom. The first-order chi connectivity index (χ1) is 40.7. The third kappa shape index (κ3) is 13.3. The van der Waals surface area contributed by atoms with Crippen molar-refractivity contribution >= 4 is 89.8 Å². The van der Waals surface area contributed by atoms with E-state index in [1.807, 2.05) is 40.0 Å². The fourth-order valence-electron chi connectivity index (χ4n) is 11.1. The molecule has 85 heavy (non-hydrogen) atoms. The van der Waals surface area contributed by atoms with Crippen LogP contribution in [-0.2, 0) is 24.0 Å². The second-order valence-electron chi connectivity index (χ2n) is 22.8. The van der Waals surface area contributed by atoms with Gasteiger partial charge in [0.25, 0.3) is 11.8 Å². The Morgan fingerprint density at radius 3 is 1.98 bits per heavy atom. The molecule has 4 aromatic rings. The van der Waals surface area contributed by atoms with Crippen LogP contribution in [0.25, 0.3) is 11.1 Å². The number of aliphatic imine (C=N–C) groups is 2. The molecule has 446 valence electrons. The molecule has 1 saturated heterocycles. The van der Waals surface area contributed by atoms with Gasteiger partial charge in [0.05, 0.1) is 68.5 Å². The van der Waals surface area contributed by atoms with Gasteiger partial charge < -0.3 is 49.4 Å². The summed E-state index contributed by atoms with van der Waals surface area (Å²) in [5.74, 6) is -1.40. The molecule has 0 spiro atoms. The summed E-state index contributed by atoms with van der Waals surface area (Å²) in [4.78, 5) is 107. The summed E-state index contributed by atoms with van der Waals surface area (Å²) in [6.45, 7) is 9.81. The Balaban J connectivity index is 0.743. The Bertz CT molecular complexity index is 3420. The number of methoxy groups -OCH3 is 3. The lowest BCUT2D eigenvalue weighted by atomic mass is 9.74. The van der Waals surface area contributed by atoms with Crippen LogP contribution in [0.5, 0.6) is 28.7 Å². The van der Waals surface area contributed by atoms with E-state index in [0.717, 1.165) is 16.7 Å². The van der Waals surface area contributed by atoms with E-state index < -0.39 is 35.2 Å². The summed E-state index contributed by atoms with van der Waals surface area (Å²) in [5, 5.41) is 8.39. The van der Waals surface area contributed by atoms with Crippen molar-refractivity contribution in [3.8, 4) is 28.7 Å². The van der Waals surface area contributed by atoms with Gasteiger partial charge in [-0.15, -0.1) is 0 Å². The number of hydrogen-bond acceptors (Lipinski definition) is 14. The number of ether oxygens (including phenoxy) is 5. The smallest absolute Gasteiger partial charge is 0.260 e. The first-order valence-corrected chi connectivity index (χ1v) is 28.8. The quantitative estimate of drug-likeness (QED) is 0.0347. The number of rotatable bonds is 24. The highest BCUT2D eigenvalue weighted by Gasteiger charge is 2.43. The van der Waals surface area contributed by atoms with Crippen molar-refractivity contribution < 1.29 is 61.6 Å². The van der Waals surface area contributed by atoms with Crippen LogP contribution >= 0.6 is 0 Å². The van der Waals surface area contributed by atoms with Crippen LogP contribution in [0, 0.1) is 23.6 Å². The van der Waals surface area contributed by atoms with Gasteiger partial charge in [-0.05, 0) is 96.7 Å². The lowest BCUT2D eigenvalue weighted by molar-refractivity contribution is -0.140. The minimum Gasteiger partial charge on any atom is -0.494 e. The normalized spacial score (nSPS) is 19.3. The maximum absolute atomic E-state index is 14.5. The molecule has 7 amide bonds. The maximum atomic E-state index is 14.5. The first kappa shape index (κ1) is 60.8. The van der Waals surface area contributed by atoms with Crippen molar-refractivity contribution in [2.75, 3.05) is 46.4 Å². The van der Waals surface area contributed by atoms with E-state index in [0.29, 0.717) is 102 Å². The number of unbranched alkanes of at least 4 members (excludes halogenated alkanes) is 2. The van der Waals surface area contributed by atoms with E-state index >= 15 is 0 Å². The second-order valence-corrected chi connectivity index (χ2v) is 22.8. The minimum absolute atomic E-state index is 0.0971. The number of imide groups is 1. The monoisotopic (exact) mass is 1160 g/mol. The summed E-state index contributed by atoms with van der Waals surface area (Å²) < 4.78 is 43.3. The Morgan fingerprint density at radius 2 is 1.35 bits per heavy atom. The molecule has 3 N–H and O–H groups in total. The van der Waals surface area contributed by atoms with E-state index in [1.54, 1.807) is 97.7 Å². The number of amides is 7. The molecule has 0 aliphatic carbocycles. The molecule has 5 aliphatic rings. The number of halogens is 1. The molecule has 5 heterocycles. The molecule has 0 aromatic heterocycles. The van der Waals surface area contributed by atoms with E-state index in [4.69, 9.17) is 28.7 Å². The van der Waals surface area contributed by atoms with Crippen molar-refractivity contribution in [1.29, 1.82) is 0 Å². The number of hydrogen-bond donors (Lipinski definition) is 3. The summed E-state index contributed by atoms with van der Waals surface area (Å²) in [6, 6.07) is 16.3. The highest BCUT2D eigenvalue weighted by atomic mass is 19.1. The van der Waals surface area contributed by atoms with Gasteiger partial charge in [-0.2, -0.15) is 0 Å². The molecule has 5 aliphatic heterocycles. The summed E-state index contributed by atoms with van der Waals surface area (Å²) >= 11 is 0. The molecule has 9 rings (SSSR count). The van der Waals surface area contributed by atoms with E-state index in [1.165, 1.54) is 32.3 Å². The van der Waals surface area contributed by atoms with E-state index in [-0.39, 0.29) is 85.1 Å². The van der Waals surface area contributed by atoms with Gasteiger partial charge >= 0.3 is 0 Å². The van der Waals surface area contributed by atoms with Gasteiger partial charge in [-0.1, -0.05) is 52.3 Å². The number of carbonyl (C=O) groups excluding carboxylic acids is 7. The predicted molar refractivity (Wildman–Crippen MR) is 321 cm³/mol. The number of nitrogens with zero attached hydrogens (tertiary/aromatic N) is 5. The third-order valence-electron chi connectivity index (χ3n) is 16.0. The van der Waals surface area contributed by atoms with Crippen molar-refractivity contribution in [3.05, 3.63) is 107 Å². The summed E-state index contributed by atoms with van der Waals surface area (Å²) in [5.41, 5.74) is 4.32. The van der Waals surface area contributed by atoms with Crippen LogP contribution in [0.15, 0.2) is 89.1 Å². The third-order valence-corrected chi connectivity index (χ3v) is 16.0. The van der Waals surface area contributed by atoms with Crippen molar-refractivity contribution in [3.63, 3.8) is 0 Å². The largest absolute Gasteiger partial charge is 0.494 e. The molecular formula is C63H72BFN8O12. The maximum Gasteiger partial charge on any atom is 0.260 e. The van der Waals surface area contributed by atoms with Gasteiger partial charge in [0.2, 0.25) is 29.5 Å². The fourth-order valence-corrected chi connectivity index (χ4v) is 11.1. The summed E-state index contributed by atoms with van der Waals surface area (Å²) in [7, 11) is 6.32. The zero-order chi connectivity index (χ0) is 60.9. The van der Waals surface area contributed by atoms with E-state index in [2.05, 4.69) is 20.9 Å². The fraction of sp³-hybridized carbons (Fsp3) is 0.413. The zero-order valence-corrected chi connectivity index (χ0v) is 49.4. The van der Waals surface area contributed by atoms with Crippen molar-refractivity contribution in [2.24, 2.45) is 27.7 Å². The average molecular weight is 1160 g/mol. The van der Waals surface area contributed by atoms with Gasteiger partial charge in [0.15, 0.2) is 34.6 Å². The number of nitrogens with one attached hydrogen (secondary N) is 3. The molecule has 0 radical (unpaired) electrons. The number of benzene rings is 4. The van der Waals surface area contributed by atoms with Crippen LogP contribution < -0.4 is 39.6 Å². The van der Waals surface area contributed by atoms with Gasteiger partial charge in [0.1, 0.15) is 19.9 Å². The van der Waals surface area contributed by atoms with Gasteiger partial charge in [-0.3, -0.25) is 48.4 Å². The first-order valence-electron chi connectivity index (χ1n) is 28.8. The van der Waals surface area contributed by atoms with Crippen LogP contribution in [0.3, 0.4) is 0 Å². The second kappa shape index (κ2) is 26.0. The number of carbonyl (C=O) groups is 7. The molecule has 4 unspecified atom stereocenters. The summed E-state index contributed by atoms with van der Waals surface area (Å²) in [6.07, 6.45) is 10.5. The molecular weight excluding hydrogens is 1090 g/mol. The van der Waals surface area contributed by atoms with Gasteiger partial charge in [-0.25, -0.2) is 4.39 Å². The molecule has 4 aromatic carbocycles. The van der Waals surface area contributed by atoms with Crippen molar-refractivity contribution in [1.82, 2.24) is 25.3 Å². The lowest BCUT2D eigenvalue weighted by Gasteiger charge is -2.30.